The van der Waals surface area contributed by atoms with Crippen molar-refractivity contribution >= 4 is 22.9 Å². The van der Waals surface area contributed by atoms with Crippen LogP contribution in [-0.2, 0) is 4.79 Å². The van der Waals surface area contributed by atoms with Crippen molar-refractivity contribution in [2.45, 2.75) is 44.7 Å². The number of amides is 2. The Labute approximate surface area is 169 Å². The standard InChI is InChI=1S/C22H24N4O3/c1-3-20(27)24-15-9-10-16(12-15)26(2)22(28)18-11-8-14(13-23-18)21-25-17-6-4-5-7-19(17)29-21/h4-8,11,13,15-16H,3,9-10,12H2,1-2H3,(H,24,27)/t15-,16+/m0/s1. The number of aromatic nitrogens is 2. The molecule has 7 heteroatoms. The monoisotopic (exact) mass is 392 g/mol. The maximum absolute atomic E-state index is 12.8. The van der Waals surface area contributed by atoms with Gasteiger partial charge < -0.3 is 14.6 Å². The molecule has 1 aliphatic carbocycles. The summed E-state index contributed by atoms with van der Waals surface area (Å²) in [6.45, 7) is 1.84. The summed E-state index contributed by atoms with van der Waals surface area (Å²) in [4.78, 5) is 35.0. The first kappa shape index (κ1) is 19.1. The van der Waals surface area contributed by atoms with Gasteiger partial charge in [0.05, 0.1) is 5.56 Å². The predicted molar refractivity (Wildman–Crippen MR) is 109 cm³/mol. The third-order valence-corrected chi connectivity index (χ3v) is 5.48. The van der Waals surface area contributed by atoms with E-state index >= 15 is 0 Å². The molecule has 1 N–H and O–H groups in total. The van der Waals surface area contributed by atoms with Crippen LogP contribution < -0.4 is 5.32 Å². The van der Waals surface area contributed by atoms with E-state index in [-0.39, 0.29) is 23.9 Å². The Morgan fingerprint density at radius 2 is 2.03 bits per heavy atom. The fourth-order valence-corrected chi connectivity index (χ4v) is 3.76. The van der Waals surface area contributed by atoms with E-state index in [0.717, 1.165) is 30.3 Å². The lowest BCUT2D eigenvalue weighted by molar-refractivity contribution is -0.121. The summed E-state index contributed by atoms with van der Waals surface area (Å²) in [6, 6.07) is 11.3. The van der Waals surface area contributed by atoms with Gasteiger partial charge in [-0.15, -0.1) is 0 Å². The molecule has 0 saturated heterocycles. The van der Waals surface area contributed by atoms with Gasteiger partial charge in [-0.3, -0.25) is 14.6 Å². The second kappa shape index (κ2) is 8.03. The van der Waals surface area contributed by atoms with Crippen LogP contribution in [0.4, 0.5) is 0 Å². The first-order valence-electron chi connectivity index (χ1n) is 9.93. The number of hydrogen-bond donors (Lipinski definition) is 1. The number of para-hydroxylation sites is 2. The third-order valence-electron chi connectivity index (χ3n) is 5.48. The molecule has 4 rings (SSSR count). The molecule has 1 saturated carbocycles. The Morgan fingerprint density at radius 3 is 2.76 bits per heavy atom. The van der Waals surface area contributed by atoms with E-state index in [1.165, 1.54) is 0 Å². The Kier molecular flexibility index (Phi) is 5.29. The van der Waals surface area contributed by atoms with Gasteiger partial charge in [0.2, 0.25) is 11.8 Å². The largest absolute Gasteiger partial charge is 0.436 e. The molecule has 2 aromatic heterocycles. The number of pyridine rings is 1. The van der Waals surface area contributed by atoms with Crippen LogP contribution in [0.2, 0.25) is 0 Å². The van der Waals surface area contributed by atoms with Gasteiger partial charge in [-0.05, 0) is 43.5 Å². The van der Waals surface area contributed by atoms with Crippen LogP contribution in [0.25, 0.3) is 22.6 Å². The minimum atomic E-state index is -0.124. The molecule has 150 valence electrons. The van der Waals surface area contributed by atoms with Gasteiger partial charge in [0.25, 0.3) is 5.91 Å². The van der Waals surface area contributed by atoms with E-state index < -0.39 is 0 Å². The smallest absolute Gasteiger partial charge is 0.272 e. The first-order chi connectivity index (χ1) is 14.0. The zero-order valence-corrected chi connectivity index (χ0v) is 16.6. The topological polar surface area (TPSA) is 88.3 Å². The van der Waals surface area contributed by atoms with Gasteiger partial charge in [0.15, 0.2) is 5.58 Å². The van der Waals surface area contributed by atoms with Gasteiger partial charge in [0.1, 0.15) is 11.2 Å². The maximum Gasteiger partial charge on any atom is 0.272 e. The second-order valence-electron chi connectivity index (χ2n) is 7.42. The molecule has 0 radical (unpaired) electrons. The summed E-state index contributed by atoms with van der Waals surface area (Å²) in [5.41, 5.74) is 2.61. The summed E-state index contributed by atoms with van der Waals surface area (Å²) in [5, 5.41) is 3.02. The van der Waals surface area contributed by atoms with Crippen LogP contribution in [0.5, 0.6) is 0 Å². The van der Waals surface area contributed by atoms with Crippen LogP contribution in [-0.4, -0.2) is 45.8 Å². The van der Waals surface area contributed by atoms with Gasteiger partial charge in [-0.2, -0.15) is 0 Å². The van der Waals surface area contributed by atoms with Crippen molar-refractivity contribution in [2.24, 2.45) is 0 Å². The van der Waals surface area contributed by atoms with E-state index in [9.17, 15) is 9.59 Å². The molecule has 2 heterocycles. The number of nitrogens with one attached hydrogen (secondary N) is 1. The number of oxazole rings is 1. The second-order valence-corrected chi connectivity index (χ2v) is 7.42. The van der Waals surface area contributed by atoms with Crippen LogP contribution >= 0.6 is 0 Å². The van der Waals surface area contributed by atoms with Crippen LogP contribution in [0.3, 0.4) is 0 Å². The lowest BCUT2D eigenvalue weighted by atomic mass is 10.2. The fourth-order valence-electron chi connectivity index (χ4n) is 3.76. The van der Waals surface area contributed by atoms with Crippen molar-refractivity contribution < 1.29 is 14.0 Å². The molecule has 0 spiro atoms. The summed E-state index contributed by atoms with van der Waals surface area (Å²) < 4.78 is 5.75. The van der Waals surface area contributed by atoms with Crippen molar-refractivity contribution in [3.63, 3.8) is 0 Å². The Hall–Kier alpha value is -3.22. The van der Waals surface area contributed by atoms with Crippen molar-refractivity contribution in [1.82, 2.24) is 20.2 Å². The summed E-state index contributed by atoms with van der Waals surface area (Å²) >= 11 is 0. The van der Waals surface area contributed by atoms with Crippen LogP contribution in [0.15, 0.2) is 47.0 Å². The molecule has 1 aromatic carbocycles. The Balaban J connectivity index is 1.43. The molecule has 2 atom stereocenters. The molecule has 0 unspecified atom stereocenters. The zero-order valence-electron chi connectivity index (χ0n) is 16.6. The number of hydrogen-bond acceptors (Lipinski definition) is 5. The molecule has 1 fully saturated rings. The van der Waals surface area contributed by atoms with E-state index in [1.807, 2.05) is 31.2 Å². The van der Waals surface area contributed by atoms with Gasteiger partial charge in [-0.25, -0.2) is 4.98 Å². The number of carbonyl (C=O) groups excluding carboxylic acids is 2. The summed E-state index contributed by atoms with van der Waals surface area (Å²) in [7, 11) is 1.80. The SMILES string of the molecule is CCC(=O)N[C@H]1CC[C@@H](N(C)C(=O)c2ccc(-c3nc4ccccc4o3)cn2)C1. The average molecular weight is 392 g/mol. The molecular weight excluding hydrogens is 368 g/mol. The normalized spacial score (nSPS) is 18.7. The molecule has 29 heavy (non-hydrogen) atoms. The quantitative estimate of drug-likeness (QED) is 0.719. The van der Waals surface area contributed by atoms with Crippen molar-refractivity contribution in [3.05, 3.63) is 48.3 Å². The van der Waals surface area contributed by atoms with E-state index in [0.29, 0.717) is 23.6 Å². The highest BCUT2D eigenvalue weighted by atomic mass is 16.3. The lowest BCUT2D eigenvalue weighted by Crippen LogP contribution is -2.38. The molecule has 1 aliphatic rings. The zero-order chi connectivity index (χ0) is 20.4. The van der Waals surface area contributed by atoms with Crippen LogP contribution in [0, 0.1) is 0 Å². The Morgan fingerprint density at radius 1 is 1.21 bits per heavy atom. The van der Waals surface area contributed by atoms with E-state index in [2.05, 4.69) is 15.3 Å². The predicted octanol–water partition coefficient (Wildman–Crippen LogP) is 3.41. The number of rotatable bonds is 5. The lowest BCUT2D eigenvalue weighted by Gasteiger charge is -2.24. The maximum atomic E-state index is 12.8. The molecule has 2 amide bonds. The third kappa shape index (κ3) is 3.99. The number of fused-ring (bicyclic) bond motifs is 1. The number of nitrogens with zero attached hydrogens (tertiary/aromatic N) is 3. The van der Waals surface area contributed by atoms with Crippen molar-refractivity contribution in [3.8, 4) is 11.5 Å². The fraction of sp³-hybridized carbons (Fsp3) is 0.364. The summed E-state index contributed by atoms with van der Waals surface area (Å²) in [6.07, 6.45) is 4.63. The average Bonchev–Trinajstić information content (AvgIpc) is 3.39. The minimum absolute atomic E-state index is 0.0566. The molecule has 3 aromatic rings. The number of benzene rings is 1. The van der Waals surface area contributed by atoms with Crippen molar-refractivity contribution in [2.75, 3.05) is 7.05 Å². The highest BCUT2D eigenvalue weighted by Gasteiger charge is 2.31. The van der Waals surface area contributed by atoms with Gasteiger partial charge >= 0.3 is 0 Å². The molecule has 0 bridgehead atoms. The minimum Gasteiger partial charge on any atom is -0.436 e. The van der Waals surface area contributed by atoms with Gasteiger partial charge in [0, 0.05) is 31.7 Å². The first-order valence-corrected chi connectivity index (χ1v) is 9.93. The van der Waals surface area contributed by atoms with Crippen molar-refractivity contribution in [1.29, 1.82) is 0 Å². The molecular formula is C22H24N4O3. The van der Waals surface area contributed by atoms with Gasteiger partial charge in [-0.1, -0.05) is 19.1 Å². The molecule has 0 aliphatic heterocycles. The van der Waals surface area contributed by atoms with Crippen LogP contribution in [0.1, 0.15) is 43.1 Å². The highest BCUT2D eigenvalue weighted by Crippen LogP contribution is 2.26. The molecule has 7 nitrogen and oxygen atoms in total. The Bertz CT molecular complexity index is 995. The van der Waals surface area contributed by atoms with E-state index in [4.69, 9.17) is 4.42 Å². The summed E-state index contributed by atoms with van der Waals surface area (Å²) in [5.74, 6) is 0.416. The highest BCUT2D eigenvalue weighted by molar-refractivity contribution is 5.92. The number of carbonyl (C=O) groups is 2. The van der Waals surface area contributed by atoms with E-state index in [1.54, 1.807) is 30.3 Å².